The molecule has 0 atom stereocenters. The molecule has 0 unspecified atom stereocenters. The Morgan fingerprint density at radius 2 is 1.58 bits per heavy atom. The summed E-state index contributed by atoms with van der Waals surface area (Å²) in [6.45, 7) is 4.39. The summed E-state index contributed by atoms with van der Waals surface area (Å²) in [6.07, 6.45) is -0.0155. The van der Waals surface area contributed by atoms with E-state index in [0.717, 1.165) is 0 Å². The van der Waals surface area contributed by atoms with Gasteiger partial charge >= 0.3 is 7.60 Å². The van der Waals surface area contributed by atoms with Crippen LogP contribution in [0.1, 0.15) is 34.6 Å². The minimum absolute atomic E-state index is 0.0155. The van der Waals surface area contributed by atoms with Crippen molar-refractivity contribution in [3.8, 4) is 0 Å². The third-order valence-electron chi connectivity index (χ3n) is 3.96. The monoisotopic (exact) mass is 384 g/mol. The average molecular weight is 384 g/mol. The molecular weight excluding hydrogens is 359 g/mol. The van der Waals surface area contributed by atoms with Crippen LogP contribution in [0.3, 0.4) is 0 Å². The van der Waals surface area contributed by atoms with Crippen molar-refractivity contribution in [2.24, 2.45) is 0 Å². The van der Waals surface area contributed by atoms with E-state index in [1.165, 1.54) is 4.90 Å². The Kier molecular flexibility index (Phi) is 7.49. The average Bonchev–Trinajstić information content (AvgIpc) is 2.85. The number of hydrogen-bond acceptors (Lipinski definition) is 7. The van der Waals surface area contributed by atoms with Crippen LogP contribution in [0.5, 0.6) is 0 Å². The van der Waals surface area contributed by atoms with Crippen LogP contribution >= 0.6 is 7.60 Å². The fourth-order valence-electron chi connectivity index (χ4n) is 2.84. The first-order valence-corrected chi connectivity index (χ1v) is 10.3. The lowest BCUT2D eigenvalue weighted by atomic mass is 10.1. The largest absolute Gasteiger partial charge is 0.395 e. The number of carbonyl (C=O) groups is 2. The summed E-state index contributed by atoms with van der Waals surface area (Å²) in [5, 5.41) is 9.27. The van der Waals surface area contributed by atoms with E-state index in [4.69, 9.17) is 9.05 Å². The molecule has 2 amide bonds. The summed E-state index contributed by atoms with van der Waals surface area (Å²) in [5.74, 6) is -0.681. The molecular formula is C17H25N2O6P. The van der Waals surface area contributed by atoms with E-state index in [2.05, 4.69) is 0 Å². The van der Waals surface area contributed by atoms with Crippen LogP contribution in [0.2, 0.25) is 0 Å². The molecule has 9 heteroatoms. The summed E-state index contributed by atoms with van der Waals surface area (Å²) in [5.41, 5.74) is 0.779. The van der Waals surface area contributed by atoms with Crippen LogP contribution in [0.15, 0.2) is 24.3 Å². The van der Waals surface area contributed by atoms with Gasteiger partial charge in [0, 0.05) is 19.6 Å². The van der Waals surface area contributed by atoms with E-state index in [9.17, 15) is 19.3 Å². The minimum atomic E-state index is -3.33. The Balaban J connectivity index is 2.04. The van der Waals surface area contributed by atoms with Crippen LogP contribution in [0.4, 0.5) is 0 Å². The molecule has 2 rings (SSSR count). The maximum Gasteiger partial charge on any atom is 0.344 e. The second kappa shape index (κ2) is 9.39. The predicted octanol–water partition coefficient (Wildman–Crippen LogP) is 1.80. The van der Waals surface area contributed by atoms with Crippen molar-refractivity contribution >= 4 is 19.4 Å². The Labute approximate surface area is 153 Å². The van der Waals surface area contributed by atoms with Gasteiger partial charge in [-0.15, -0.1) is 0 Å². The van der Waals surface area contributed by atoms with Gasteiger partial charge in [0.25, 0.3) is 11.8 Å². The van der Waals surface area contributed by atoms with Crippen molar-refractivity contribution in [1.29, 1.82) is 0 Å². The highest BCUT2D eigenvalue weighted by Gasteiger charge is 2.35. The van der Waals surface area contributed by atoms with E-state index in [-0.39, 0.29) is 57.6 Å². The lowest BCUT2D eigenvalue weighted by Crippen LogP contribution is -2.39. The van der Waals surface area contributed by atoms with E-state index in [1.54, 1.807) is 43.0 Å². The highest BCUT2D eigenvalue weighted by atomic mass is 31.2. The number of rotatable bonds is 11. The Morgan fingerprint density at radius 1 is 1.04 bits per heavy atom. The summed E-state index contributed by atoms with van der Waals surface area (Å²) in [4.78, 5) is 27.6. The van der Waals surface area contributed by atoms with Crippen LogP contribution in [-0.2, 0) is 13.6 Å². The molecule has 1 aromatic rings. The lowest BCUT2D eigenvalue weighted by molar-refractivity contribution is 0.0635. The first-order valence-electron chi connectivity index (χ1n) is 8.62. The number of aliphatic hydroxyl groups is 1. The normalized spacial score (nSPS) is 14.4. The Hall–Kier alpha value is -1.57. The number of amides is 2. The molecule has 0 bridgehead atoms. The van der Waals surface area contributed by atoms with E-state index in [0.29, 0.717) is 11.1 Å². The van der Waals surface area contributed by atoms with Gasteiger partial charge in [-0.1, -0.05) is 12.1 Å². The molecule has 144 valence electrons. The second-order valence-corrected chi connectivity index (χ2v) is 7.76. The smallest absolute Gasteiger partial charge is 0.344 e. The number of aliphatic hydroxyl groups excluding tert-OH is 1. The second-order valence-electron chi connectivity index (χ2n) is 5.74. The van der Waals surface area contributed by atoms with Gasteiger partial charge in [-0.05, 0) is 26.0 Å². The minimum Gasteiger partial charge on any atom is -0.395 e. The molecule has 1 heterocycles. The van der Waals surface area contributed by atoms with Gasteiger partial charge in [-0.25, -0.2) is 0 Å². The molecule has 0 saturated heterocycles. The maximum absolute atomic E-state index is 12.7. The zero-order valence-corrected chi connectivity index (χ0v) is 16.0. The maximum atomic E-state index is 12.7. The van der Waals surface area contributed by atoms with Crippen molar-refractivity contribution < 1.29 is 28.3 Å². The standard InChI is InChI=1S/C17H25N2O6P/c1-3-24-26(23,25-4-2)13-18(11-12-20)9-10-19-16(21)14-7-5-6-8-15(14)17(19)22/h5-8,20H,3-4,9-13H2,1-2H3. The summed E-state index contributed by atoms with van der Waals surface area (Å²) in [6, 6.07) is 6.68. The number of imide groups is 1. The van der Waals surface area contributed by atoms with Crippen molar-refractivity contribution in [3.63, 3.8) is 0 Å². The third kappa shape index (κ3) is 4.78. The molecule has 1 aromatic carbocycles. The SMILES string of the molecule is CCOP(=O)(CN(CCO)CCN1C(=O)c2ccccc2C1=O)OCC. The number of carbonyl (C=O) groups excluding carboxylic acids is 2. The topological polar surface area (TPSA) is 96.4 Å². The van der Waals surface area contributed by atoms with Crippen LogP contribution in [0.25, 0.3) is 0 Å². The number of benzene rings is 1. The van der Waals surface area contributed by atoms with Gasteiger partial charge in [-0.3, -0.25) is 24.0 Å². The van der Waals surface area contributed by atoms with E-state index < -0.39 is 7.60 Å². The van der Waals surface area contributed by atoms with Crippen LogP contribution in [-0.4, -0.2) is 72.5 Å². The van der Waals surface area contributed by atoms with Crippen molar-refractivity contribution in [3.05, 3.63) is 35.4 Å². The molecule has 0 spiro atoms. The van der Waals surface area contributed by atoms with E-state index >= 15 is 0 Å². The first kappa shape index (κ1) is 20.7. The van der Waals surface area contributed by atoms with Crippen molar-refractivity contribution in [1.82, 2.24) is 9.80 Å². The Bertz CT molecular complexity index is 651. The Morgan fingerprint density at radius 3 is 2.04 bits per heavy atom. The molecule has 8 nitrogen and oxygen atoms in total. The van der Waals surface area contributed by atoms with Gasteiger partial charge in [0.05, 0.1) is 30.9 Å². The molecule has 0 aromatic heterocycles. The predicted molar refractivity (Wildman–Crippen MR) is 96.2 cm³/mol. The molecule has 1 aliphatic heterocycles. The quantitative estimate of drug-likeness (QED) is 0.459. The molecule has 26 heavy (non-hydrogen) atoms. The van der Waals surface area contributed by atoms with Crippen LogP contribution < -0.4 is 0 Å². The van der Waals surface area contributed by atoms with E-state index in [1.807, 2.05) is 0 Å². The molecule has 0 saturated carbocycles. The molecule has 0 aliphatic carbocycles. The number of hydrogen-bond donors (Lipinski definition) is 1. The van der Waals surface area contributed by atoms with Crippen molar-refractivity contribution in [2.75, 3.05) is 45.7 Å². The van der Waals surface area contributed by atoms with Gasteiger partial charge in [0.2, 0.25) is 0 Å². The summed E-state index contributed by atoms with van der Waals surface area (Å²) < 4.78 is 23.2. The molecule has 1 aliphatic rings. The molecule has 0 radical (unpaired) electrons. The fourth-order valence-corrected chi connectivity index (χ4v) is 4.63. The number of nitrogens with zero attached hydrogens (tertiary/aromatic N) is 2. The zero-order valence-electron chi connectivity index (χ0n) is 15.1. The van der Waals surface area contributed by atoms with Crippen LogP contribution in [0, 0.1) is 0 Å². The van der Waals surface area contributed by atoms with Gasteiger partial charge < -0.3 is 14.2 Å². The summed E-state index contributed by atoms with van der Waals surface area (Å²) >= 11 is 0. The molecule has 1 N–H and O–H groups in total. The number of fused-ring (bicyclic) bond motifs is 1. The van der Waals surface area contributed by atoms with Crippen molar-refractivity contribution in [2.45, 2.75) is 13.8 Å². The van der Waals surface area contributed by atoms with Gasteiger partial charge in [0.1, 0.15) is 6.29 Å². The highest BCUT2D eigenvalue weighted by molar-refractivity contribution is 7.53. The fraction of sp³-hybridized carbons (Fsp3) is 0.529. The zero-order chi connectivity index (χ0) is 19.2. The summed E-state index contributed by atoms with van der Waals surface area (Å²) in [7, 11) is -3.33. The lowest BCUT2D eigenvalue weighted by Gasteiger charge is -2.27. The third-order valence-corrected chi connectivity index (χ3v) is 6.01. The highest BCUT2D eigenvalue weighted by Crippen LogP contribution is 2.48. The van der Waals surface area contributed by atoms with Gasteiger partial charge in [0.15, 0.2) is 0 Å². The van der Waals surface area contributed by atoms with Gasteiger partial charge in [-0.2, -0.15) is 0 Å². The molecule has 0 fully saturated rings. The first-order chi connectivity index (χ1) is 12.5.